The minimum Gasteiger partial charge on any atom is -0.497 e. The zero-order valence-electron chi connectivity index (χ0n) is 18.1. The number of rotatable bonds is 4. The summed E-state index contributed by atoms with van der Waals surface area (Å²) in [4.78, 5) is 2.43. The predicted octanol–water partition coefficient (Wildman–Crippen LogP) is 6.26. The van der Waals surface area contributed by atoms with Crippen molar-refractivity contribution in [1.29, 1.82) is 0 Å². The van der Waals surface area contributed by atoms with Gasteiger partial charge in [-0.15, -0.1) is 11.3 Å². The highest BCUT2D eigenvalue weighted by molar-refractivity contribution is 14.2. The van der Waals surface area contributed by atoms with Gasteiger partial charge in [-0.05, 0) is 44.7 Å². The second-order valence-electron chi connectivity index (χ2n) is 8.00. The molecular weight excluding hydrogens is 586 g/mol. The molecule has 0 amide bonds. The molecule has 2 aromatic rings. The molecule has 0 aliphatic carbocycles. The Hall–Kier alpha value is -1.13. The van der Waals surface area contributed by atoms with Gasteiger partial charge in [-0.1, -0.05) is 12.0 Å². The van der Waals surface area contributed by atoms with Gasteiger partial charge in [0, 0.05) is 57.2 Å². The van der Waals surface area contributed by atoms with Crippen LogP contribution in [0, 0.1) is 11.2 Å². The van der Waals surface area contributed by atoms with Gasteiger partial charge in [0.15, 0.2) is 0 Å². The number of halogens is 4. The van der Waals surface area contributed by atoms with E-state index in [9.17, 15) is 13.2 Å². The standard InChI is InChI=1S/C23H23F3INO3S2/c1-29-18-4-3-16(19(12-18)30-2)14-28-8-7-22(13-17(28)6-10-32-27)21-15(5-9-31-22)11-20(33-21)23(24,25)26/h3-4,11-12,17H,5,7-9,13-14H2,1-2H3. The number of piperidine rings is 1. The van der Waals surface area contributed by atoms with Gasteiger partial charge in [-0.25, -0.2) is 0 Å². The summed E-state index contributed by atoms with van der Waals surface area (Å²) in [5.74, 6) is 4.75. The zero-order chi connectivity index (χ0) is 23.6. The van der Waals surface area contributed by atoms with Crippen molar-refractivity contribution in [3.8, 4) is 22.7 Å². The molecule has 2 aliphatic heterocycles. The number of hydrogen-bond acceptors (Lipinski definition) is 6. The van der Waals surface area contributed by atoms with Crippen LogP contribution in [0.1, 0.15) is 33.7 Å². The molecule has 33 heavy (non-hydrogen) atoms. The number of fused-ring (bicyclic) bond motifs is 2. The van der Waals surface area contributed by atoms with Crippen LogP contribution in [0.2, 0.25) is 0 Å². The van der Waals surface area contributed by atoms with Crippen LogP contribution in [0.25, 0.3) is 0 Å². The smallest absolute Gasteiger partial charge is 0.425 e. The van der Waals surface area contributed by atoms with E-state index in [0.29, 0.717) is 44.7 Å². The van der Waals surface area contributed by atoms with Crippen LogP contribution >= 0.6 is 41.5 Å². The van der Waals surface area contributed by atoms with Crippen molar-refractivity contribution in [3.05, 3.63) is 45.1 Å². The summed E-state index contributed by atoms with van der Waals surface area (Å²) < 4.78 is 57.3. The zero-order valence-corrected chi connectivity index (χ0v) is 21.9. The number of likely N-dealkylation sites (tertiary alicyclic amines) is 1. The summed E-state index contributed by atoms with van der Waals surface area (Å²) in [5, 5.41) is 3.08. The number of ether oxygens (including phenoxy) is 3. The maximum Gasteiger partial charge on any atom is 0.425 e. The molecule has 2 aliphatic rings. The van der Waals surface area contributed by atoms with Crippen LogP contribution < -0.4 is 9.47 Å². The largest absolute Gasteiger partial charge is 0.497 e. The molecule has 0 N–H and O–H groups in total. The van der Waals surface area contributed by atoms with E-state index >= 15 is 0 Å². The Bertz CT molecular complexity index is 1070. The van der Waals surface area contributed by atoms with Crippen molar-refractivity contribution in [2.75, 3.05) is 27.4 Å². The van der Waals surface area contributed by atoms with Gasteiger partial charge < -0.3 is 14.2 Å². The van der Waals surface area contributed by atoms with Crippen molar-refractivity contribution >= 4 is 41.5 Å². The van der Waals surface area contributed by atoms with Crippen LogP contribution in [-0.4, -0.2) is 38.3 Å². The Labute approximate surface area is 211 Å². The van der Waals surface area contributed by atoms with Crippen molar-refractivity contribution in [2.24, 2.45) is 0 Å². The number of methoxy groups -OCH3 is 2. The Morgan fingerprint density at radius 2 is 2.12 bits per heavy atom. The van der Waals surface area contributed by atoms with E-state index in [0.717, 1.165) is 33.1 Å². The summed E-state index contributed by atoms with van der Waals surface area (Å²) in [6.07, 6.45) is -2.69. The molecule has 4 rings (SSSR count). The van der Waals surface area contributed by atoms with Gasteiger partial charge in [0.05, 0.1) is 26.9 Å². The molecule has 0 bridgehead atoms. The van der Waals surface area contributed by atoms with E-state index in [-0.39, 0.29) is 6.04 Å². The number of hydrogen-bond donors (Lipinski definition) is 0. The Kier molecular flexibility index (Phi) is 7.75. The molecular formula is C23H23F3INO3S2. The summed E-state index contributed by atoms with van der Waals surface area (Å²) in [6.45, 7) is 1.69. The van der Waals surface area contributed by atoms with Gasteiger partial charge >= 0.3 is 6.18 Å². The van der Waals surface area contributed by atoms with Gasteiger partial charge in [-0.3, -0.25) is 4.90 Å². The predicted molar refractivity (Wildman–Crippen MR) is 133 cm³/mol. The van der Waals surface area contributed by atoms with Gasteiger partial charge in [0.1, 0.15) is 22.0 Å². The van der Waals surface area contributed by atoms with Gasteiger partial charge in [0.2, 0.25) is 0 Å². The molecule has 1 fully saturated rings. The van der Waals surface area contributed by atoms with Gasteiger partial charge in [0.25, 0.3) is 0 Å². The van der Waals surface area contributed by atoms with Crippen molar-refractivity contribution in [1.82, 2.24) is 4.90 Å². The number of alkyl halides is 3. The summed E-state index contributed by atoms with van der Waals surface area (Å²) >= 11 is 2.96. The molecule has 0 saturated carbocycles. The molecule has 2 unspecified atom stereocenters. The maximum atomic E-state index is 13.4. The Balaban J connectivity index is 1.63. The first-order chi connectivity index (χ1) is 15.8. The first-order valence-corrected chi connectivity index (χ1v) is 14.5. The molecule has 1 aromatic carbocycles. The topological polar surface area (TPSA) is 30.9 Å². The maximum absolute atomic E-state index is 13.4. The second kappa shape index (κ2) is 10.2. The van der Waals surface area contributed by atoms with E-state index in [4.69, 9.17) is 14.2 Å². The first kappa shape index (κ1) is 25.0. The van der Waals surface area contributed by atoms with Crippen molar-refractivity contribution < 1.29 is 27.4 Å². The number of thiophene rings is 1. The van der Waals surface area contributed by atoms with Crippen LogP contribution in [0.4, 0.5) is 13.2 Å². The van der Waals surface area contributed by atoms with Crippen LogP contribution in [0.5, 0.6) is 11.5 Å². The SMILES string of the molecule is COc1ccc(CN2CCC3(CC2C#CSI)OCCc2cc(C(F)(F)F)sc23)c(OC)c1. The molecule has 0 radical (unpaired) electrons. The van der Waals surface area contributed by atoms with Crippen LogP contribution in [0.3, 0.4) is 0 Å². The Morgan fingerprint density at radius 1 is 1.30 bits per heavy atom. The third-order valence-corrected chi connectivity index (χ3v) is 8.41. The number of nitrogens with zero attached hydrogens (tertiary/aromatic N) is 1. The Morgan fingerprint density at radius 3 is 2.82 bits per heavy atom. The van der Waals surface area contributed by atoms with Crippen LogP contribution in [-0.2, 0) is 29.5 Å². The fourth-order valence-electron chi connectivity index (χ4n) is 4.55. The third kappa shape index (κ3) is 5.27. The van der Waals surface area contributed by atoms with Crippen LogP contribution in [0.15, 0.2) is 24.3 Å². The van der Waals surface area contributed by atoms with Gasteiger partial charge in [-0.2, -0.15) is 13.2 Å². The summed E-state index contributed by atoms with van der Waals surface area (Å²) in [5.41, 5.74) is 1.04. The number of benzene rings is 1. The average Bonchev–Trinajstić information content (AvgIpc) is 3.26. The van der Waals surface area contributed by atoms with E-state index < -0.39 is 16.7 Å². The summed E-state index contributed by atoms with van der Waals surface area (Å²) in [6, 6.07) is 6.87. The lowest BCUT2D eigenvalue weighted by atomic mass is 9.81. The van der Waals surface area contributed by atoms with E-state index in [1.807, 2.05) is 18.2 Å². The van der Waals surface area contributed by atoms with Crippen molar-refractivity contribution in [3.63, 3.8) is 0 Å². The third-order valence-electron chi connectivity index (χ3n) is 6.15. The highest BCUT2D eigenvalue weighted by Crippen LogP contribution is 2.49. The molecule has 10 heteroatoms. The fourth-order valence-corrected chi connectivity index (χ4v) is 6.37. The minimum atomic E-state index is -4.34. The average molecular weight is 609 g/mol. The fraction of sp³-hybridized carbons (Fsp3) is 0.478. The normalized spacial score (nSPS) is 23.0. The molecule has 2 atom stereocenters. The van der Waals surface area contributed by atoms with E-state index in [1.54, 1.807) is 14.2 Å². The second-order valence-corrected chi connectivity index (χ2v) is 10.7. The lowest BCUT2D eigenvalue weighted by molar-refractivity contribution is -0.134. The molecule has 1 saturated heterocycles. The minimum absolute atomic E-state index is 0.157. The van der Waals surface area contributed by atoms with Crippen molar-refractivity contribution in [2.45, 2.75) is 43.6 Å². The quantitative estimate of drug-likeness (QED) is 0.302. The monoisotopic (exact) mass is 609 g/mol. The molecule has 178 valence electrons. The lowest BCUT2D eigenvalue weighted by Gasteiger charge is -2.46. The molecule has 1 spiro atoms. The molecule has 4 nitrogen and oxygen atoms in total. The van der Waals surface area contributed by atoms with E-state index in [2.05, 4.69) is 37.3 Å². The first-order valence-electron chi connectivity index (χ1n) is 10.4. The van der Waals surface area contributed by atoms with E-state index in [1.165, 1.54) is 15.0 Å². The highest BCUT2D eigenvalue weighted by atomic mass is 127. The molecule has 1 aromatic heterocycles. The summed E-state index contributed by atoms with van der Waals surface area (Å²) in [7, 11) is 4.63. The molecule has 3 heterocycles. The lowest BCUT2D eigenvalue weighted by Crippen LogP contribution is -2.50. The highest BCUT2D eigenvalue weighted by Gasteiger charge is 2.47.